The molecule has 1 unspecified atom stereocenters. The molecule has 0 spiro atoms. The van der Waals surface area contributed by atoms with Crippen molar-refractivity contribution in [3.63, 3.8) is 0 Å². The Bertz CT molecular complexity index is 502. The van der Waals surface area contributed by atoms with Gasteiger partial charge in [0.25, 0.3) is 0 Å². The molecule has 7 heteroatoms. The van der Waals surface area contributed by atoms with Crippen molar-refractivity contribution in [1.29, 1.82) is 0 Å². The van der Waals surface area contributed by atoms with E-state index in [-0.39, 0.29) is 18.6 Å². The fourth-order valence-corrected chi connectivity index (χ4v) is 3.04. The van der Waals surface area contributed by atoms with E-state index < -0.39 is 0 Å². The highest BCUT2D eigenvalue weighted by Gasteiger charge is 2.21. The van der Waals surface area contributed by atoms with Crippen LogP contribution in [0.5, 0.6) is 0 Å². The number of carbonyl (C=O) groups excluding carboxylic acids is 1. The molecule has 1 fully saturated rings. The van der Waals surface area contributed by atoms with Gasteiger partial charge in [-0.2, -0.15) is 0 Å². The Morgan fingerprint density at radius 3 is 2.76 bits per heavy atom. The minimum atomic E-state index is -0.152. The first kappa shape index (κ1) is 16.4. The van der Waals surface area contributed by atoms with Crippen LogP contribution in [0.25, 0.3) is 0 Å². The van der Waals surface area contributed by atoms with E-state index in [4.69, 9.17) is 33.7 Å². The van der Waals surface area contributed by atoms with Crippen molar-refractivity contribution in [3.8, 4) is 0 Å². The smallest absolute Gasteiger partial charge is 0.238 e. The lowest BCUT2D eigenvalue weighted by atomic mass is 10.1. The van der Waals surface area contributed by atoms with Gasteiger partial charge in [0.1, 0.15) is 0 Å². The SMILES string of the molecule is COC1CCCN(CC(=O)Nc2c(Cl)cc(N)cc2Cl)C1. The molecule has 1 amide bonds. The summed E-state index contributed by atoms with van der Waals surface area (Å²) in [6.07, 6.45) is 2.25. The van der Waals surface area contributed by atoms with Gasteiger partial charge in [0.2, 0.25) is 5.91 Å². The number of piperidine rings is 1. The molecule has 1 aromatic rings. The van der Waals surface area contributed by atoms with E-state index in [9.17, 15) is 4.79 Å². The number of ether oxygens (including phenoxy) is 1. The van der Waals surface area contributed by atoms with Crippen LogP contribution in [0.4, 0.5) is 11.4 Å². The predicted octanol–water partition coefficient (Wildman–Crippen LogP) is 2.62. The molecule has 0 saturated carbocycles. The highest BCUT2D eigenvalue weighted by molar-refractivity contribution is 6.40. The number of likely N-dealkylation sites (tertiary alicyclic amines) is 1. The third-order valence-corrected chi connectivity index (χ3v) is 4.09. The number of halogens is 2. The fraction of sp³-hybridized carbons (Fsp3) is 0.500. The normalized spacial score (nSPS) is 19.5. The lowest BCUT2D eigenvalue weighted by Crippen LogP contribution is -2.43. The Labute approximate surface area is 134 Å². The quantitative estimate of drug-likeness (QED) is 0.832. The summed E-state index contributed by atoms with van der Waals surface area (Å²) < 4.78 is 5.34. The average Bonchev–Trinajstić information content (AvgIpc) is 2.43. The number of hydrogen-bond acceptors (Lipinski definition) is 4. The molecule has 1 saturated heterocycles. The van der Waals surface area contributed by atoms with Crippen LogP contribution < -0.4 is 11.1 Å². The second-order valence-corrected chi connectivity index (χ2v) is 5.96. The Hall–Kier alpha value is -1.01. The van der Waals surface area contributed by atoms with Gasteiger partial charge in [0, 0.05) is 19.3 Å². The van der Waals surface area contributed by atoms with Gasteiger partial charge in [0.15, 0.2) is 0 Å². The molecule has 1 aromatic carbocycles. The maximum atomic E-state index is 12.1. The van der Waals surface area contributed by atoms with Gasteiger partial charge in [0.05, 0.1) is 28.4 Å². The topological polar surface area (TPSA) is 67.6 Å². The van der Waals surface area contributed by atoms with Crippen molar-refractivity contribution in [2.45, 2.75) is 18.9 Å². The summed E-state index contributed by atoms with van der Waals surface area (Å²) in [5.41, 5.74) is 6.50. The third-order valence-electron chi connectivity index (χ3n) is 3.49. The Kier molecular flexibility index (Phi) is 5.70. The molecule has 3 N–H and O–H groups in total. The van der Waals surface area contributed by atoms with Gasteiger partial charge in [-0.1, -0.05) is 23.2 Å². The molecular weight excluding hydrogens is 313 g/mol. The largest absolute Gasteiger partial charge is 0.399 e. The monoisotopic (exact) mass is 331 g/mol. The molecular formula is C14H19Cl2N3O2. The van der Waals surface area contributed by atoms with E-state index >= 15 is 0 Å². The zero-order chi connectivity index (χ0) is 15.4. The number of benzene rings is 1. The van der Waals surface area contributed by atoms with Gasteiger partial charge in [-0.3, -0.25) is 9.69 Å². The highest BCUT2D eigenvalue weighted by atomic mass is 35.5. The first-order chi connectivity index (χ1) is 9.99. The van der Waals surface area contributed by atoms with Gasteiger partial charge in [-0.25, -0.2) is 0 Å². The summed E-state index contributed by atoms with van der Waals surface area (Å²) in [7, 11) is 1.70. The van der Waals surface area contributed by atoms with Crippen molar-refractivity contribution in [2.75, 3.05) is 37.8 Å². The molecule has 1 heterocycles. The van der Waals surface area contributed by atoms with Crippen LogP contribution in [-0.4, -0.2) is 43.7 Å². The standard InChI is InChI=1S/C14H19Cl2N3O2/c1-21-10-3-2-4-19(7-10)8-13(20)18-14-11(15)5-9(17)6-12(14)16/h5-6,10H,2-4,7-8,17H2,1H3,(H,18,20). The molecule has 1 atom stereocenters. The van der Waals surface area contributed by atoms with Gasteiger partial charge >= 0.3 is 0 Å². The molecule has 1 aliphatic rings. The Morgan fingerprint density at radius 1 is 1.48 bits per heavy atom. The van der Waals surface area contributed by atoms with Crippen molar-refractivity contribution in [3.05, 3.63) is 22.2 Å². The van der Waals surface area contributed by atoms with Gasteiger partial charge in [-0.15, -0.1) is 0 Å². The van der Waals surface area contributed by atoms with Crippen molar-refractivity contribution in [2.24, 2.45) is 0 Å². The van der Waals surface area contributed by atoms with Crippen LogP contribution in [0.3, 0.4) is 0 Å². The number of nitrogens with zero attached hydrogens (tertiary/aromatic N) is 1. The van der Waals surface area contributed by atoms with Crippen LogP contribution in [0.1, 0.15) is 12.8 Å². The minimum Gasteiger partial charge on any atom is -0.399 e. The van der Waals surface area contributed by atoms with Crippen molar-refractivity contribution >= 4 is 40.5 Å². The van der Waals surface area contributed by atoms with E-state index in [2.05, 4.69) is 10.2 Å². The fourth-order valence-electron chi connectivity index (χ4n) is 2.44. The summed E-state index contributed by atoms with van der Waals surface area (Å²) >= 11 is 12.1. The lowest BCUT2D eigenvalue weighted by Gasteiger charge is -2.31. The minimum absolute atomic E-state index is 0.152. The molecule has 0 aliphatic carbocycles. The lowest BCUT2D eigenvalue weighted by molar-refractivity contribution is -0.118. The van der Waals surface area contributed by atoms with E-state index in [0.29, 0.717) is 21.4 Å². The number of hydrogen-bond donors (Lipinski definition) is 2. The molecule has 21 heavy (non-hydrogen) atoms. The highest BCUT2D eigenvalue weighted by Crippen LogP contribution is 2.32. The molecule has 0 bridgehead atoms. The Morgan fingerprint density at radius 2 is 2.14 bits per heavy atom. The Balaban J connectivity index is 1.96. The number of anilines is 2. The summed E-state index contributed by atoms with van der Waals surface area (Å²) in [6.45, 7) is 1.93. The number of rotatable bonds is 4. The van der Waals surface area contributed by atoms with Crippen LogP contribution in [0.2, 0.25) is 10.0 Å². The first-order valence-electron chi connectivity index (χ1n) is 6.79. The summed E-state index contributed by atoms with van der Waals surface area (Å²) in [5.74, 6) is -0.152. The van der Waals surface area contributed by atoms with Gasteiger partial charge < -0.3 is 15.8 Å². The van der Waals surface area contributed by atoms with Crippen LogP contribution >= 0.6 is 23.2 Å². The number of amides is 1. The molecule has 0 aromatic heterocycles. The molecule has 116 valence electrons. The molecule has 2 rings (SSSR count). The van der Waals surface area contributed by atoms with Gasteiger partial charge in [-0.05, 0) is 31.5 Å². The van der Waals surface area contributed by atoms with Crippen LogP contribution in [0, 0.1) is 0 Å². The average molecular weight is 332 g/mol. The van der Waals surface area contributed by atoms with Crippen molar-refractivity contribution in [1.82, 2.24) is 4.90 Å². The zero-order valence-electron chi connectivity index (χ0n) is 11.9. The second-order valence-electron chi connectivity index (χ2n) is 5.14. The first-order valence-corrected chi connectivity index (χ1v) is 7.54. The van der Waals surface area contributed by atoms with E-state index in [1.807, 2.05) is 0 Å². The molecule has 0 radical (unpaired) electrons. The summed E-state index contributed by atoms with van der Waals surface area (Å²) in [4.78, 5) is 14.2. The van der Waals surface area contributed by atoms with E-state index in [0.717, 1.165) is 25.9 Å². The zero-order valence-corrected chi connectivity index (χ0v) is 13.4. The molecule has 1 aliphatic heterocycles. The summed E-state index contributed by atoms with van der Waals surface area (Å²) in [5, 5.41) is 3.41. The maximum Gasteiger partial charge on any atom is 0.238 e. The molecule has 5 nitrogen and oxygen atoms in total. The number of methoxy groups -OCH3 is 1. The maximum absolute atomic E-state index is 12.1. The summed E-state index contributed by atoms with van der Waals surface area (Å²) in [6, 6.07) is 3.12. The predicted molar refractivity (Wildman–Crippen MR) is 86.0 cm³/mol. The number of nitrogen functional groups attached to an aromatic ring is 1. The second kappa shape index (κ2) is 7.31. The van der Waals surface area contributed by atoms with Crippen LogP contribution in [-0.2, 0) is 9.53 Å². The number of nitrogens with two attached hydrogens (primary N) is 1. The number of carbonyl (C=O) groups is 1. The van der Waals surface area contributed by atoms with Crippen molar-refractivity contribution < 1.29 is 9.53 Å². The third kappa shape index (κ3) is 4.48. The van der Waals surface area contributed by atoms with Crippen LogP contribution in [0.15, 0.2) is 12.1 Å². The van der Waals surface area contributed by atoms with E-state index in [1.54, 1.807) is 19.2 Å². The van der Waals surface area contributed by atoms with E-state index in [1.165, 1.54) is 0 Å². The number of nitrogens with one attached hydrogen (secondary N) is 1.